The van der Waals surface area contributed by atoms with Gasteiger partial charge in [-0.1, -0.05) is 0 Å². The number of hydrogen-bond acceptors (Lipinski definition) is 5. The highest BCUT2D eigenvalue weighted by molar-refractivity contribution is 5.65. The number of aryl methyl sites for hydroxylation is 1. The van der Waals surface area contributed by atoms with Crippen molar-refractivity contribution in [3.8, 4) is 11.6 Å². The van der Waals surface area contributed by atoms with Crippen molar-refractivity contribution in [3.63, 3.8) is 0 Å². The van der Waals surface area contributed by atoms with Gasteiger partial charge < -0.3 is 15.4 Å². The molecule has 6 heteroatoms. The molecule has 6 nitrogen and oxygen atoms in total. The van der Waals surface area contributed by atoms with Crippen LogP contribution in [0.25, 0.3) is 5.52 Å². The summed E-state index contributed by atoms with van der Waals surface area (Å²) in [6.45, 7) is 1.93. The predicted molar refractivity (Wildman–Crippen MR) is 83.0 cm³/mol. The molecule has 2 heterocycles. The Morgan fingerprint density at radius 3 is 2.81 bits per heavy atom. The van der Waals surface area contributed by atoms with Gasteiger partial charge in [-0.3, -0.25) is 0 Å². The van der Waals surface area contributed by atoms with Crippen LogP contribution in [0.1, 0.15) is 5.69 Å². The molecule has 0 bridgehead atoms. The fourth-order valence-electron chi connectivity index (χ4n) is 2.09. The van der Waals surface area contributed by atoms with Gasteiger partial charge in [-0.15, -0.1) is 0 Å². The van der Waals surface area contributed by atoms with Gasteiger partial charge in [-0.05, 0) is 25.1 Å². The lowest BCUT2D eigenvalue weighted by Gasteiger charge is -2.15. The Morgan fingerprint density at radius 1 is 1.24 bits per heavy atom. The summed E-state index contributed by atoms with van der Waals surface area (Å²) in [6, 6.07) is 7.59. The van der Waals surface area contributed by atoms with E-state index in [2.05, 4.69) is 10.1 Å². The molecule has 0 amide bonds. The van der Waals surface area contributed by atoms with E-state index in [1.54, 1.807) is 16.9 Å². The third-order valence-electron chi connectivity index (χ3n) is 3.20. The normalized spacial score (nSPS) is 10.8. The molecule has 3 aromatic rings. The Morgan fingerprint density at radius 2 is 2.05 bits per heavy atom. The maximum atomic E-state index is 5.99. The van der Waals surface area contributed by atoms with Gasteiger partial charge >= 0.3 is 0 Å². The standard InChI is InChI=1S/C15H17N5O/c1-10-8-13-15(17-6-7-20(13)18-10)21-14-9-11(19(2)3)4-5-12(14)16/h4-9H,16H2,1-3H3. The van der Waals surface area contributed by atoms with Gasteiger partial charge in [-0.2, -0.15) is 5.10 Å². The number of fused-ring (bicyclic) bond motifs is 1. The van der Waals surface area contributed by atoms with E-state index in [1.165, 1.54) is 0 Å². The number of aromatic nitrogens is 3. The van der Waals surface area contributed by atoms with Crippen LogP contribution in [-0.2, 0) is 0 Å². The molecule has 0 atom stereocenters. The second-order valence-electron chi connectivity index (χ2n) is 5.07. The van der Waals surface area contributed by atoms with Crippen molar-refractivity contribution in [3.05, 3.63) is 42.4 Å². The summed E-state index contributed by atoms with van der Waals surface area (Å²) < 4.78 is 7.64. The molecule has 0 radical (unpaired) electrons. The maximum absolute atomic E-state index is 5.99. The first-order valence-corrected chi connectivity index (χ1v) is 6.60. The first-order valence-electron chi connectivity index (χ1n) is 6.60. The third kappa shape index (κ3) is 2.47. The Balaban J connectivity index is 2.04. The van der Waals surface area contributed by atoms with Crippen LogP contribution in [0.3, 0.4) is 0 Å². The van der Waals surface area contributed by atoms with E-state index in [1.807, 2.05) is 50.2 Å². The van der Waals surface area contributed by atoms with Gasteiger partial charge in [0.25, 0.3) is 0 Å². The first kappa shape index (κ1) is 13.2. The van der Waals surface area contributed by atoms with E-state index >= 15 is 0 Å². The summed E-state index contributed by atoms with van der Waals surface area (Å²) in [4.78, 5) is 6.27. The molecule has 0 spiro atoms. The fourth-order valence-corrected chi connectivity index (χ4v) is 2.09. The van der Waals surface area contributed by atoms with Gasteiger partial charge in [0.15, 0.2) is 5.75 Å². The van der Waals surface area contributed by atoms with E-state index in [0.717, 1.165) is 16.9 Å². The van der Waals surface area contributed by atoms with E-state index < -0.39 is 0 Å². The molecule has 0 unspecified atom stereocenters. The van der Waals surface area contributed by atoms with Crippen molar-refractivity contribution in [1.82, 2.24) is 14.6 Å². The molecule has 0 aliphatic carbocycles. The summed E-state index contributed by atoms with van der Waals surface area (Å²) in [5.41, 5.74) is 9.29. The lowest BCUT2D eigenvalue weighted by atomic mass is 10.2. The molecule has 108 valence electrons. The monoisotopic (exact) mass is 283 g/mol. The second-order valence-corrected chi connectivity index (χ2v) is 5.07. The van der Waals surface area contributed by atoms with Crippen LogP contribution in [0.4, 0.5) is 11.4 Å². The molecule has 1 aromatic carbocycles. The summed E-state index contributed by atoms with van der Waals surface area (Å²) in [6.07, 6.45) is 3.44. The molecule has 0 fully saturated rings. The highest BCUT2D eigenvalue weighted by Gasteiger charge is 2.10. The maximum Gasteiger partial charge on any atom is 0.245 e. The van der Waals surface area contributed by atoms with Gasteiger partial charge in [0.05, 0.1) is 11.4 Å². The number of hydrogen-bond donors (Lipinski definition) is 1. The van der Waals surface area contributed by atoms with E-state index in [4.69, 9.17) is 10.5 Å². The topological polar surface area (TPSA) is 68.7 Å². The molecule has 2 N–H and O–H groups in total. The van der Waals surface area contributed by atoms with Crippen molar-refractivity contribution >= 4 is 16.9 Å². The SMILES string of the molecule is Cc1cc2c(Oc3cc(N(C)C)ccc3N)nccn2n1. The van der Waals surface area contributed by atoms with Crippen LogP contribution >= 0.6 is 0 Å². The molecule has 0 saturated carbocycles. The number of nitrogens with two attached hydrogens (primary N) is 1. The van der Waals surface area contributed by atoms with E-state index in [9.17, 15) is 0 Å². The summed E-state index contributed by atoms with van der Waals surface area (Å²) in [5, 5.41) is 4.34. The number of nitrogen functional groups attached to an aromatic ring is 1. The molecular weight excluding hydrogens is 266 g/mol. The second kappa shape index (κ2) is 4.97. The number of ether oxygens (including phenoxy) is 1. The number of nitrogens with zero attached hydrogens (tertiary/aromatic N) is 4. The van der Waals surface area contributed by atoms with Crippen LogP contribution < -0.4 is 15.4 Å². The van der Waals surface area contributed by atoms with Crippen molar-refractivity contribution in [2.45, 2.75) is 6.92 Å². The van der Waals surface area contributed by atoms with Crippen LogP contribution in [0.2, 0.25) is 0 Å². The number of anilines is 2. The van der Waals surface area contributed by atoms with Crippen molar-refractivity contribution < 1.29 is 4.74 Å². The van der Waals surface area contributed by atoms with E-state index in [-0.39, 0.29) is 0 Å². The molecule has 0 aliphatic rings. The molecule has 2 aromatic heterocycles. The number of benzene rings is 1. The van der Waals surface area contributed by atoms with Crippen LogP contribution in [0, 0.1) is 6.92 Å². The molecule has 21 heavy (non-hydrogen) atoms. The van der Waals surface area contributed by atoms with Crippen LogP contribution in [0.5, 0.6) is 11.6 Å². The molecule has 0 saturated heterocycles. The highest BCUT2D eigenvalue weighted by Crippen LogP contribution is 2.32. The Labute approximate surface area is 122 Å². The minimum absolute atomic E-state index is 0.487. The van der Waals surface area contributed by atoms with Crippen molar-refractivity contribution in [2.75, 3.05) is 24.7 Å². The van der Waals surface area contributed by atoms with Gasteiger partial charge in [-0.25, -0.2) is 9.50 Å². The average molecular weight is 283 g/mol. The molecule has 3 rings (SSSR count). The van der Waals surface area contributed by atoms with Gasteiger partial charge in [0.1, 0.15) is 5.52 Å². The van der Waals surface area contributed by atoms with Crippen molar-refractivity contribution in [2.24, 2.45) is 0 Å². The predicted octanol–water partition coefficient (Wildman–Crippen LogP) is 2.48. The Hall–Kier alpha value is -2.76. The minimum Gasteiger partial charge on any atom is -0.435 e. The lowest BCUT2D eigenvalue weighted by Crippen LogP contribution is -2.09. The largest absolute Gasteiger partial charge is 0.435 e. The fraction of sp³-hybridized carbons (Fsp3) is 0.200. The first-order chi connectivity index (χ1) is 10.0. The summed E-state index contributed by atoms with van der Waals surface area (Å²) in [5.74, 6) is 1.07. The molecule has 0 aliphatic heterocycles. The quantitative estimate of drug-likeness (QED) is 0.748. The highest BCUT2D eigenvalue weighted by atomic mass is 16.5. The Kier molecular flexibility index (Phi) is 3.13. The smallest absolute Gasteiger partial charge is 0.245 e. The lowest BCUT2D eigenvalue weighted by molar-refractivity contribution is 0.468. The van der Waals surface area contributed by atoms with Gasteiger partial charge in [0.2, 0.25) is 5.88 Å². The zero-order valence-electron chi connectivity index (χ0n) is 12.2. The summed E-state index contributed by atoms with van der Waals surface area (Å²) in [7, 11) is 3.93. The summed E-state index contributed by atoms with van der Waals surface area (Å²) >= 11 is 0. The van der Waals surface area contributed by atoms with Crippen LogP contribution in [-0.4, -0.2) is 28.7 Å². The van der Waals surface area contributed by atoms with Crippen LogP contribution in [0.15, 0.2) is 36.7 Å². The minimum atomic E-state index is 0.487. The Bertz CT molecular complexity index is 794. The average Bonchev–Trinajstić information content (AvgIpc) is 2.82. The number of rotatable bonds is 3. The zero-order chi connectivity index (χ0) is 15.0. The molecular formula is C15H17N5O. The third-order valence-corrected chi connectivity index (χ3v) is 3.20. The van der Waals surface area contributed by atoms with E-state index in [0.29, 0.717) is 17.3 Å². The van der Waals surface area contributed by atoms with Gasteiger partial charge in [0, 0.05) is 38.2 Å². The zero-order valence-corrected chi connectivity index (χ0v) is 12.2. The van der Waals surface area contributed by atoms with Crippen molar-refractivity contribution in [1.29, 1.82) is 0 Å².